The monoisotopic (exact) mass is 1450 g/mol. The van der Waals surface area contributed by atoms with Gasteiger partial charge in [-0.3, -0.25) is 0 Å². The van der Waals surface area contributed by atoms with E-state index in [9.17, 15) is 25.3 Å². The first-order valence-corrected chi connectivity index (χ1v) is 39.5. The lowest BCUT2D eigenvalue weighted by Gasteiger charge is -2.42. The molecule has 0 saturated heterocycles. The molecule has 0 amide bonds. The zero-order valence-electron chi connectivity index (χ0n) is 62.2. The lowest BCUT2D eigenvalue weighted by atomic mass is 9.63. The van der Waals surface area contributed by atoms with Crippen LogP contribution in [0.5, 0.6) is 40.2 Å². The quantitative estimate of drug-likeness (QED) is 0.0336. The summed E-state index contributed by atoms with van der Waals surface area (Å²) < 4.78 is 127. The Hall–Kier alpha value is -8.29. The highest BCUT2D eigenvalue weighted by atomic mass is 32.2. The second-order valence-electron chi connectivity index (χ2n) is 30.8. The van der Waals surface area contributed by atoms with Crippen LogP contribution in [0.1, 0.15) is 137 Å². The van der Waals surface area contributed by atoms with Gasteiger partial charge in [-0.05, 0) is 245 Å². The fourth-order valence-electron chi connectivity index (χ4n) is 14.6. The largest absolute Gasteiger partial charge is 0.491 e. The maximum atomic E-state index is 13.6. The van der Waals surface area contributed by atoms with E-state index < -0.39 is 29.5 Å². The number of hydrogen-bond acceptors (Lipinski definition) is 14. The maximum Gasteiger partial charge on any atom is 0.206 e. The van der Waals surface area contributed by atoms with Crippen molar-refractivity contribution in [3.63, 3.8) is 0 Å². The number of sulfone groups is 3. The van der Waals surface area contributed by atoms with Crippen LogP contribution in [0, 0.1) is 17.8 Å². The number of hydrogen-bond donors (Lipinski definition) is 0. The van der Waals surface area contributed by atoms with Crippen LogP contribution in [0.4, 0.5) is 0 Å². The van der Waals surface area contributed by atoms with Crippen molar-refractivity contribution < 1.29 is 63.1 Å². The highest BCUT2D eigenvalue weighted by Gasteiger charge is 2.38. The Morgan fingerprint density at radius 3 is 0.680 bits per heavy atom. The molecule has 0 aliphatic heterocycles. The maximum absolute atomic E-state index is 13.6. The fourth-order valence-corrected chi connectivity index (χ4v) is 18.3. The first kappa shape index (κ1) is 78.8. The zero-order valence-corrected chi connectivity index (χ0v) is 64.7. The first-order chi connectivity index (χ1) is 48.6. The third-order valence-corrected chi connectivity index (χ3v) is 24.2. The van der Waals surface area contributed by atoms with Crippen LogP contribution >= 0.6 is 0 Å². The molecule has 9 rings (SSSR count). The minimum atomic E-state index is -3.93. The number of methoxy groups -OCH3 is 1. The predicted octanol–water partition coefficient (Wildman–Crippen LogP) is 19.7. The van der Waals surface area contributed by atoms with Crippen molar-refractivity contribution in [1.82, 2.24) is 0 Å². The Morgan fingerprint density at radius 2 is 0.447 bits per heavy atom. The molecule has 14 nitrogen and oxygen atoms in total. The van der Waals surface area contributed by atoms with Gasteiger partial charge in [-0.2, -0.15) is 0 Å². The molecular formula is C86H102O14S3. The molecule has 9 aromatic carbocycles. The van der Waals surface area contributed by atoms with Gasteiger partial charge in [0.05, 0.1) is 62.4 Å². The molecule has 0 heterocycles. The van der Waals surface area contributed by atoms with Crippen molar-refractivity contribution >= 4 is 29.5 Å². The second-order valence-corrected chi connectivity index (χ2v) is 36.7. The summed E-state index contributed by atoms with van der Waals surface area (Å²) in [6.07, 6.45) is 4.13. The van der Waals surface area contributed by atoms with Gasteiger partial charge >= 0.3 is 0 Å². The fraction of sp³-hybridized carbons (Fsp3) is 0.372. The lowest BCUT2D eigenvalue weighted by molar-refractivity contribution is 0.0544. The molecule has 0 fully saturated rings. The van der Waals surface area contributed by atoms with Crippen LogP contribution in [-0.2, 0) is 65.4 Å². The summed E-state index contributed by atoms with van der Waals surface area (Å²) >= 11 is 0. The minimum Gasteiger partial charge on any atom is -0.491 e. The van der Waals surface area contributed by atoms with E-state index in [1.54, 1.807) is 43.5 Å². The molecule has 103 heavy (non-hydrogen) atoms. The third-order valence-electron chi connectivity index (χ3n) is 18.8. The molecule has 548 valence electrons. The van der Waals surface area contributed by atoms with Gasteiger partial charge in [0.2, 0.25) is 29.5 Å². The van der Waals surface area contributed by atoms with Crippen LogP contribution in [0.3, 0.4) is 0 Å². The Kier molecular flexibility index (Phi) is 25.4. The van der Waals surface area contributed by atoms with Gasteiger partial charge in [-0.15, -0.1) is 0 Å². The minimum absolute atomic E-state index is 0.0175. The van der Waals surface area contributed by atoms with E-state index in [-0.39, 0.29) is 68.5 Å². The summed E-state index contributed by atoms with van der Waals surface area (Å²) in [4.78, 5) is 0.530. The SMILES string of the molecule is COCCOCCOc1ccc(C(C)(C)CC(C)(C)CC(C)(C)c2ccc(C(C)(C)CC(C)(C)CC(C)(C)c3ccc(OCCOCCOc4ccc(S(=O)(=O)c5ccc(Oc6ccc(S(=O)(=O)c7ccc(Oc8ccc(S(=O)(=O)c9ccc(C)cc9)cc8)cc7)cc6)cc5)cc4)cc3)cc2)cc1. The Labute approximate surface area is 612 Å². The predicted molar refractivity (Wildman–Crippen MR) is 407 cm³/mol. The Balaban J connectivity index is 0.661. The summed E-state index contributed by atoms with van der Waals surface area (Å²) in [6, 6.07) is 63.0. The van der Waals surface area contributed by atoms with Crippen molar-refractivity contribution in [1.29, 1.82) is 0 Å². The zero-order chi connectivity index (χ0) is 74.5. The molecule has 0 spiro atoms. The van der Waals surface area contributed by atoms with E-state index in [0.717, 1.165) is 42.7 Å². The summed E-state index contributed by atoms with van der Waals surface area (Å²) in [5, 5.41) is 0. The van der Waals surface area contributed by atoms with Crippen LogP contribution < -0.4 is 23.7 Å². The van der Waals surface area contributed by atoms with E-state index in [1.807, 2.05) is 19.1 Å². The summed E-state index contributed by atoms with van der Waals surface area (Å²) in [6.45, 7) is 33.9. The van der Waals surface area contributed by atoms with Crippen LogP contribution in [0.25, 0.3) is 0 Å². The summed E-state index contributed by atoms with van der Waals surface area (Å²) in [5.41, 5.74) is 6.21. The van der Waals surface area contributed by atoms with Crippen LogP contribution in [0.15, 0.2) is 248 Å². The number of ether oxygens (including phenoxy) is 8. The summed E-state index contributed by atoms with van der Waals surface area (Å²) in [5.74, 6) is 3.54. The van der Waals surface area contributed by atoms with Gasteiger partial charge in [0.25, 0.3) is 0 Å². The lowest BCUT2D eigenvalue weighted by Crippen LogP contribution is -2.33. The molecule has 0 aliphatic rings. The number of aryl methyl sites for hydroxylation is 1. The molecule has 17 heteroatoms. The van der Waals surface area contributed by atoms with Crippen molar-refractivity contribution in [3.8, 4) is 40.2 Å². The molecule has 0 atom stereocenters. The Bertz CT molecular complexity index is 4550. The van der Waals surface area contributed by atoms with Gasteiger partial charge in [-0.1, -0.05) is 149 Å². The summed E-state index contributed by atoms with van der Waals surface area (Å²) in [7, 11) is -9.86. The topological polar surface area (TPSA) is 176 Å². The van der Waals surface area contributed by atoms with Gasteiger partial charge in [-0.25, -0.2) is 25.3 Å². The molecule has 0 radical (unpaired) electrons. The smallest absolute Gasteiger partial charge is 0.206 e. The second kappa shape index (κ2) is 33.2. The van der Waals surface area contributed by atoms with Crippen molar-refractivity contribution in [2.45, 2.75) is 167 Å². The molecular weight excluding hydrogens is 1350 g/mol. The van der Waals surface area contributed by atoms with Crippen molar-refractivity contribution in [2.75, 3.05) is 60.0 Å². The molecule has 0 N–H and O–H groups in total. The van der Waals surface area contributed by atoms with Crippen molar-refractivity contribution in [2.24, 2.45) is 10.8 Å². The number of benzene rings is 9. The van der Waals surface area contributed by atoms with Gasteiger partial charge in [0, 0.05) is 7.11 Å². The average molecular weight is 1460 g/mol. The Morgan fingerprint density at radius 1 is 0.252 bits per heavy atom. The van der Waals surface area contributed by atoms with E-state index in [1.165, 1.54) is 131 Å². The van der Waals surface area contributed by atoms with Gasteiger partial charge in [0.15, 0.2) is 0 Å². The van der Waals surface area contributed by atoms with E-state index in [4.69, 9.17) is 37.9 Å². The third kappa shape index (κ3) is 21.4. The van der Waals surface area contributed by atoms with E-state index >= 15 is 0 Å². The van der Waals surface area contributed by atoms with E-state index in [0.29, 0.717) is 75.0 Å². The van der Waals surface area contributed by atoms with Crippen molar-refractivity contribution in [3.05, 3.63) is 246 Å². The highest BCUT2D eigenvalue weighted by molar-refractivity contribution is 7.92. The van der Waals surface area contributed by atoms with Gasteiger partial charge in [0.1, 0.15) is 60.1 Å². The first-order valence-electron chi connectivity index (χ1n) is 35.1. The standard InChI is InChI=1S/C86H102O14S3/c1-63-15-39-75(40-16-63)101(87,88)77-43-31-71(32-44-77)99-73-35-47-79(48-36-73)103(91,92)80-49-37-74(38-50-80)100-72-33-45-78(46-34-72)102(89,90)76-41-29-70(30-42-76)98-58-55-95-54-57-97-69-27-23-67(24-28-69)86(12,13)62-82(4,5)60-84(8,9)65-19-17-64(18-20-65)83(6,7)59-81(2,3)61-85(10,11)66-21-25-68(26-22-66)96-56-53-94-52-51-93-14/h15-50H,51-62H2,1-14H3. The molecule has 0 unspecified atom stereocenters. The molecule has 0 aliphatic carbocycles. The average Bonchev–Trinajstić information content (AvgIpc) is 0.803. The molecule has 0 saturated carbocycles. The molecule has 0 bridgehead atoms. The molecule has 9 aromatic rings. The highest BCUT2D eigenvalue weighted by Crippen LogP contribution is 2.48. The normalized spacial score (nSPS) is 12.8. The number of rotatable bonds is 37. The van der Waals surface area contributed by atoms with E-state index in [2.05, 4.69) is 144 Å². The van der Waals surface area contributed by atoms with Crippen LogP contribution in [0.2, 0.25) is 0 Å². The van der Waals surface area contributed by atoms with Crippen LogP contribution in [-0.4, -0.2) is 85.2 Å². The molecule has 0 aromatic heterocycles. The van der Waals surface area contributed by atoms with Gasteiger partial charge < -0.3 is 37.9 Å².